The van der Waals surface area contributed by atoms with Crippen LogP contribution in [0.5, 0.6) is 0 Å². The molecule has 0 aromatic carbocycles. The first kappa shape index (κ1) is 62.2. The zero-order valence-corrected chi connectivity index (χ0v) is 42.3. The van der Waals surface area contributed by atoms with Crippen LogP contribution in [0.15, 0.2) is 85.1 Å². The molecule has 0 aromatic heterocycles. The van der Waals surface area contributed by atoms with Crippen LogP contribution in [-0.4, -0.2) is 54.3 Å². The van der Waals surface area contributed by atoms with E-state index in [1.54, 1.807) is 0 Å². The number of aliphatic hydroxyl groups excluding tert-OH is 1. The van der Waals surface area contributed by atoms with Crippen LogP contribution in [0.4, 0.5) is 0 Å². The predicted octanol–water partition coefficient (Wildman–Crippen LogP) is 15.6. The van der Waals surface area contributed by atoms with Crippen molar-refractivity contribution in [3.8, 4) is 0 Å². The Bertz CT molecular complexity index is 1340. The number of hydrogen-bond acceptors (Lipinski definition) is 7. The first-order chi connectivity index (χ1) is 31.8. The van der Waals surface area contributed by atoms with Crippen LogP contribution in [-0.2, 0) is 27.9 Å². The van der Waals surface area contributed by atoms with Gasteiger partial charge in [-0.15, -0.1) is 0 Å². The minimum absolute atomic E-state index is 0.0538. The van der Waals surface area contributed by atoms with E-state index in [4.69, 9.17) is 13.8 Å². The molecule has 1 amide bonds. The largest absolute Gasteiger partial charge is 0.472 e. The number of phosphoric ester groups is 1. The molecule has 2 atom stereocenters. The van der Waals surface area contributed by atoms with Gasteiger partial charge in [0.15, 0.2) is 0 Å². The van der Waals surface area contributed by atoms with E-state index < -0.39 is 26.5 Å². The van der Waals surface area contributed by atoms with Crippen molar-refractivity contribution in [2.45, 2.75) is 225 Å². The molecule has 0 fully saturated rings. The van der Waals surface area contributed by atoms with Crippen molar-refractivity contribution >= 4 is 19.7 Å². The van der Waals surface area contributed by atoms with Crippen LogP contribution in [0.1, 0.15) is 219 Å². The van der Waals surface area contributed by atoms with Gasteiger partial charge in [-0.05, 0) is 89.9 Å². The standard InChI is InChI=1S/C55H96NO8P/c1-3-5-7-9-11-13-15-17-19-21-23-25-26-28-30-32-34-36-38-40-42-44-46-48-55(59)62-51-53(57)52-64-65(60,61)63-50-49-56-54(58)47-45-43-41-39-37-35-33-31-29-27-24-22-20-18-16-14-12-10-8-6-4-2/h6,8,12,14,17-20,24,27,31,33,37,39,53,57H,3-5,7,9-11,13,15-16,21-23,25-26,28-30,32,34-36,38,40-52H2,1-2H3,(H,56,58)(H,60,61)/b8-6-,14-12-,19-17+,20-18-,27-24-,33-31-,39-37-. The summed E-state index contributed by atoms with van der Waals surface area (Å²) >= 11 is 0. The predicted molar refractivity (Wildman–Crippen MR) is 275 cm³/mol. The van der Waals surface area contributed by atoms with E-state index in [-0.39, 0.29) is 32.1 Å². The maximum absolute atomic E-state index is 12.2. The second-order valence-corrected chi connectivity index (χ2v) is 18.6. The van der Waals surface area contributed by atoms with E-state index in [1.165, 1.54) is 116 Å². The SMILES string of the molecule is CC/C=C\C/C=C\C/C=C\C/C=C\C/C=C\C/C=C\CCCCC(=O)NCCOP(=O)(O)OCC(O)COC(=O)CCCCCCCCCCCCCCC/C=C/CCCCCCCC. The molecule has 0 aliphatic rings. The lowest BCUT2D eigenvalue weighted by molar-refractivity contribution is -0.147. The number of esters is 1. The fourth-order valence-corrected chi connectivity index (χ4v) is 7.67. The molecule has 0 spiro atoms. The number of ether oxygens (including phenoxy) is 1. The van der Waals surface area contributed by atoms with Gasteiger partial charge in [0.1, 0.15) is 12.7 Å². The van der Waals surface area contributed by atoms with Crippen LogP contribution in [0.3, 0.4) is 0 Å². The molecule has 65 heavy (non-hydrogen) atoms. The summed E-state index contributed by atoms with van der Waals surface area (Å²) in [7, 11) is -4.44. The number of hydrogen-bond donors (Lipinski definition) is 3. The summed E-state index contributed by atoms with van der Waals surface area (Å²) in [5.41, 5.74) is 0. The maximum atomic E-state index is 12.2. The molecule has 3 N–H and O–H groups in total. The van der Waals surface area contributed by atoms with Crippen molar-refractivity contribution < 1.29 is 37.9 Å². The van der Waals surface area contributed by atoms with Gasteiger partial charge in [-0.2, -0.15) is 0 Å². The molecule has 10 heteroatoms. The average molecular weight is 930 g/mol. The normalized spacial score (nSPS) is 13.8. The number of carbonyl (C=O) groups is 2. The van der Waals surface area contributed by atoms with Crippen LogP contribution >= 0.6 is 7.82 Å². The van der Waals surface area contributed by atoms with E-state index in [0.29, 0.717) is 6.42 Å². The number of carbonyl (C=O) groups excluding carboxylic acids is 2. The van der Waals surface area contributed by atoms with E-state index in [9.17, 15) is 24.2 Å². The molecule has 0 saturated carbocycles. The molecule has 0 aliphatic carbocycles. The Kier molecular flexibility index (Phi) is 48.4. The van der Waals surface area contributed by atoms with Gasteiger partial charge in [-0.25, -0.2) is 4.57 Å². The summed E-state index contributed by atoms with van der Waals surface area (Å²) in [4.78, 5) is 34.1. The first-order valence-electron chi connectivity index (χ1n) is 26.1. The van der Waals surface area contributed by atoms with E-state index in [0.717, 1.165) is 77.0 Å². The Hall–Kier alpha value is -2.81. The molecule has 374 valence electrons. The molecule has 0 aromatic rings. The van der Waals surface area contributed by atoms with Crippen molar-refractivity contribution in [2.24, 2.45) is 0 Å². The van der Waals surface area contributed by atoms with Crippen LogP contribution < -0.4 is 5.32 Å². The third kappa shape index (κ3) is 52.0. The second-order valence-electron chi connectivity index (χ2n) is 17.1. The second kappa shape index (κ2) is 50.6. The lowest BCUT2D eigenvalue weighted by Gasteiger charge is -2.15. The van der Waals surface area contributed by atoms with Crippen LogP contribution in [0, 0.1) is 0 Å². The fourth-order valence-electron chi connectivity index (χ4n) is 6.91. The lowest BCUT2D eigenvalue weighted by atomic mass is 10.0. The molecule has 0 bridgehead atoms. The Morgan fingerprint density at radius 2 is 0.877 bits per heavy atom. The highest BCUT2D eigenvalue weighted by atomic mass is 31.2. The summed E-state index contributed by atoms with van der Waals surface area (Å²) in [6.45, 7) is 3.39. The zero-order chi connectivity index (χ0) is 47.4. The highest BCUT2D eigenvalue weighted by Crippen LogP contribution is 2.42. The fraction of sp³-hybridized carbons (Fsp3) is 0.709. The van der Waals surface area contributed by atoms with Crippen LogP contribution in [0.25, 0.3) is 0 Å². The number of nitrogens with one attached hydrogen (secondary N) is 1. The Morgan fingerprint density at radius 1 is 0.492 bits per heavy atom. The number of unbranched alkanes of at least 4 members (excludes halogenated alkanes) is 21. The first-order valence-corrected chi connectivity index (χ1v) is 27.6. The van der Waals surface area contributed by atoms with Crippen molar-refractivity contribution in [1.29, 1.82) is 0 Å². The van der Waals surface area contributed by atoms with Crippen molar-refractivity contribution in [3.05, 3.63) is 85.1 Å². The molecular weight excluding hydrogens is 834 g/mol. The number of allylic oxidation sites excluding steroid dienone is 14. The van der Waals surface area contributed by atoms with Gasteiger partial charge in [0.2, 0.25) is 5.91 Å². The van der Waals surface area contributed by atoms with Gasteiger partial charge >= 0.3 is 13.8 Å². The highest BCUT2D eigenvalue weighted by Gasteiger charge is 2.23. The van der Waals surface area contributed by atoms with Crippen molar-refractivity contribution in [3.63, 3.8) is 0 Å². The monoisotopic (exact) mass is 930 g/mol. The van der Waals surface area contributed by atoms with Gasteiger partial charge < -0.3 is 20.1 Å². The zero-order valence-electron chi connectivity index (χ0n) is 41.4. The molecule has 0 rings (SSSR count). The van der Waals surface area contributed by atoms with Gasteiger partial charge in [0.05, 0.1) is 13.2 Å². The van der Waals surface area contributed by atoms with E-state index in [2.05, 4.69) is 104 Å². The summed E-state index contributed by atoms with van der Waals surface area (Å²) < 4.78 is 27.0. The molecule has 0 saturated heterocycles. The van der Waals surface area contributed by atoms with Crippen LogP contribution in [0.2, 0.25) is 0 Å². The summed E-state index contributed by atoms with van der Waals surface area (Å²) in [5.74, 6) is -0.561. The quantitative estimate of drug-likeness (QED) is 0.0238. The van der Waals surface area contributed by atoms with E-state index in [1.807, 2.05) is 0 Å². The molecule has 0 radical (unpaired) electrons. The number of amides is 1. The minimum Gasteiger partial charge on any atom is -0.463 e. The number of aliphatic hydroxyl groups is 1. The third-order valence-corrected chi connectivity index (χ3v) is 11.8. The third-order valence-electron chi connectivity index (χ3n) is 10.8. The Labute approximate surface area is 398 Å². The van der Waals surface area contributed by atoms with Gasteiger partial charge in [0.25, 0.3) is 0 Å². The molecule has 0 heterocycles. The van der Waals surface area contributed by atoms with Gasteiger partial charge in [-0.3, -0.25) is 18.6 Å². The van der Waals surface area contributed by atoms with E-state index >= 15 is 0 Å². The van der Waals surface area contributed by atoms with Gasteiger partial charge in [-0.1, -0.05) is 202 Å². The topological polar surface area (TPSA) is 131 Å². The molecule has 0 aliphatic heterocycles. The lowest BCUT2D eigenvalue weighted by Crippen LogP contribution is -2.27. The minimum atomic E-state index is -4.44. The summed E-state index contributed by atoms with van der Waals surface area (Å²) in [5, 5.41) is 12.7. The molecule has 9 nitrogen and oxygen atoms in total. The maximum Gasteiger partial charge on any atom is 0.472 e. The molecule has 2 unspecified atom stereocenters. The smallest absolute Gasteiger partial charge is 0.463 e. The van der Waals surface area contributed by atoms with Crippen molar-refractivity contribution in [2.75, 3.05) is 26.4 Å². The number of rotatable bonds is 48. The van der Waals surface area contributed by atoms with Gasteiger partial charge in [0, 0.05) is 19.4 Å². The summed E-state index contributed by atoms with van der Waals surface area (Å²) in [6, 6.07) is 0. The Balaban J connectivity index is 3.62. The summed E-state index contributed by atoms with van der Waals surface area (Å²) in [6.07, 6.45) is 65.3. The number of phosphoric acid groups is 1. The van der Waals surface area contributed by atoms with Crippen molar-refractivity contribution in [1.82, 2.24) is 5.32 Å². The average Bonchev–Trinajstić information content (AvgIpc) is 3.29. The highest BCUT2D eigenvalue weighted by molar-refractivity contribution is 7.47. The molecular formula is C55H96NO8P. The Morgan fingerprint density at radius 3 is 1.35 bits per heavy atom.